The smallest absolute Gasteiger partial charge is 0.219 e. The molecular weight excluding hydrogens is 357 g/mol. The molecule has 0 saturated carbocycles. The van der Waals surface area contributed by atoms with Crippen LogP contribution in [0.25, 0.3) is 16.8 Å². The molecule has 0 atom stereocenters. The van der Waals surface area contributed by atoms with E-state index in [-0.39, 0.29) is 11.7 Å². The van der Waals surface area contributed by atoms with Crippen molar-refractivity contribution in [2.45, 2.75) is 27.7 Å². The van der Waals surface area contributed by atoms with Crippen LogP contribution in [0.2, 0.25) is 0 Å². The van der Waals surface area contributed by atoms with Crippen molar-refractivity contribution in [3.63, 3.8) is 0 Å². The van der Waals surface area contributed by atoms with Crippen LogP contribution in [-0.2, 0) is 4.79 Å². The Hall–Kier alpha value is -2.96. The standard InChI is InChI=1S/C21H24FN5O/c1-13-14(2)23-20-19(17-5-7-18(22)8-6-17)15(3)24-27(20)21(13)26-11-9-25(10-12-26)16(4)28/h5-8H,9-12H2,1-4H3. The van der Waals surface area contributed by atoms with E-state index in [1.165, 1.54) is 12.1 Å². The van der Waals surface area contributed by atoms with Crippen molar-refractivity contribution in [3.8, 4) is 11.1 Å². The third-order valence-electron chi connectivity index (χ3n) is 5.55. The lowest BCUT2D eigenvalue weighted by atomic mass is 10.1. The maximum Gasteiger partial charge on any atom is 0.219 e. The van der Waals surface area contributed by atoms with Crippen LogP contribution in [-0.4, -0.2) is 51.6 Å². The van der Waals surface area contributed by atoms with Gasteiger partial charge in [-0.3, -0.25) is 4.79 Å². The van der Waals surface area contributed by atoms with Gasteiger partial charge in [0.1, 0.15) is 11.6 Å². The summed E-state index contributed by atoms with van der Waals surface area (Å²) in [6, 6.07) is 6.45. The van der Waals surface area contributed by atoms with Crippen LogP contribution >= 0.6 is 0 Å². The maximum atomic E-state index is 13.4. The lowest BCUT2D eigenvalue weighted by molar-refractivity contribution is -0.129. The van der Waals surface area contributed by atoms with Crippen molar-refractivity contribution >= 4 is 17.4 Å². The van der Waals surface area contributed by atoms with Crippen molar-refractivity contribution < 1.29 is 9.18 Å². The van der Waals surface area contributed by atoms with E-state index in [1.54, 1.807) is 19.1 Å². The number of fused-ring (bicyclic) bond motifs is 1. The molecule has 0 radical (unpaired) electrons. The highest BCUT2D eigenvalue weighted by Gasteiger charge is 2.25. The molecule has 146 valence electrons. The number of rotatable bonds is 2. The SMILES string of the molecule is CC(=O)N1CCN(c2c(C)c(C)nc3c(-c4ccc(F)cc4)c(C)nn23)CC1. The zero-order valence-electron chi connectivity index (χ0n) is 16.7. The first-order chi connectivity index (χ1) is 13.4. The summed E-state index contributed by atoms with van der Waals surface area (Å²) in [6.45, 7) is 10.5. The molecule has 2 aromatic heterocycles. The molecule has 6 nitrogen and oxygen atoms in total. The molecule has 1 aliphatic rings. The van der Waals surface area contributed by atoms with Crippen LogP contribution in [0.15, 0.2) is 24.3 Å². The Morgan fingerprint density at radius 1 is 1.00 bits per heavy atom. The number of nitrogens with zero attached hydrogens (tertiary/aromatic N) is 5. The van der Waals surface area contributed by atoms with Crippen molar-refractivity contribution in [3.05, 3.63) is 47.0 Å². The van der Waals surface area contributed by atoms with Crippen molar-refractivity contribution in [1.29, 1.82) is 0 Å². The fourth-order valence-corrected chi connectivity index (χ4v) is 3.89. The molecule has 28 heavy (non-hydrogen) atoms. The number of aryl methyl sites for hydroxylation is 2. The monoisotopic (exact) mass is 381 g/mol. The zero-order valence-corrected chi connectivity index (χ0v) is 16.7. The molecule has 0 aliphatic carbocycles. The summed E-state index contributed by atoms with van der Waals surface area (Å²) >= 11 is 0. The van der Waals surface area contributed by atoms with Crippen LogP contribution in [0.5, 0.6) is 0 Å². The highest BCUT2D eigenvalue weighted by atomic mass is 19.1. The van der Waals surface area contributed by atoms with E-state index in [9.17, 15) is 9.18 Å². The number of amides is 1. The molecule has 7 heteroatoms. The Kier molecular flexibility index (Phi) is 4.53. The van der Waals surface area contributed by atoms with Crippen LogP contribution in [0.4, 0.5) is 10.2 Å². The molecule has 4 rings (SSSR count). The largest absolute Gasteiger partial charge is 0.353 e. The summed E-state index contributed by atoms with van der Waals surface area (Å²) in [4.78, 5) is 20.6. The minimum absolute atomic E-state index is 0.112. The van der Waals surface area contributed by atoms with E-state index in [4.69, 9.17) is 10.1 Å². The number of anilines is 1. The third-order valence-corrected chi connectivity index (χ3v) is 5.55. The van der Waals surface area contributed by atoms with Crippen LogP contribution in [0.1, 0.15) is 23.9 Å². The van der Waals surface area contributed by atoms with Crippen LogP contribution < -0.4 is 4.90 Å². The second-order valence-corrected chi connectivity index (χ2v) is 7.34. The van der Waals surface area contributed by atoms with E-state index < -0.39 is 0 Å². The highest BCUT2D eigenvalue weighted by molar-refractivity contribution is 5.81. The Morgan fingerprint density at radius 3 is 2.25 bits per heavy atom. The molecule has 1 aromatic carbocycles. The van der Waals surface area contributed by atoms with E-state index in [1.807, 2.05) is 23.3 Å². The van der Waals surface area contributed by atoms with Gasteiger partial charge in [-0.25, -0.2) is 9.37 Å². The number of halogens is 1. The quantitative estimate of drug-likeness (QED) is 0.684. The molecule has 1 aliphatic heterocycles. The number of benzene rings is 1. The molecule has 3 aromatic rings. The fourth-order valence-electron chi connectivity index (χ4n) is 3.89. The molecule has 0 bridgehead atoms. The van der Waals surface area contributed by atoms with E-state index in [0.29, 0.717) is 13.1 Å². The van der Waals surface area contributed by atoms with Crippen molar-refractivity contribution in [1.82, 2.24) is 19.5 Å². The van der Waals surface area contributed by atoms with Crippen LogP contribution in [0, 0.1) is 26.6 Å². The molecule has 0 N–H and O–H groups in total. The number of hydrogen-bond acceptors (Lipinski definition) is 4. The predicted octanol–water partition coefficient (Wildman–Crippen LogP) is 3.13. The topological polar surface area (TPSA) is 53.7 Å². The average molecular weight is 381 g/mol. The maximum absolute atomic E-state index is 13.4. The summed E-state index contributed by atoms with van der Waals surface area (Å²) < 4.78 is 15.3. The second-order valence-electron chi connectivity index (χ2n) is 7.34. The molecule has 0 spiro atoms. The Bertz CT molecular complexity index is 1050. The molecule has 1 amide bonds. The third kappa shape index (κ3) is 3.00. The number of aromatic nitrogens is 3. The Balaban J connectivity index is 1.84. The van der Waals surface area contributed by atoms with Gasteiger partial charge in [0.15, 0.2) is 5.65 Å². The van der Waals surface area contributed by atoms with Gasteiger partial charge < -0.3 is 9.80 Å². The van der Waals surface area contributed by atoms with E-state index >= 15 is 0 Å². The first-order valence-electron chi connectivity index (χ1n) is 9.49. The zero-order chi connectivity index (χ0) is 20.0. The first kappa shape index (κ1) is 18.4. The van der Waals surface area contributed by atoms with E-state index in [2.05, 4.69) is 11.8 Å². The minimum atomic E-state index is -0.262. The van der Waals surface area contributed by atoms with Crippen molar-refractivity contribution in [2.24, 2.45) is 0 Å². The van der Waals surface area contributed by atoms with E-state index in [0.717, 1.165) is 52.6 Å². The van der Waals surface area contributed by atoms with Crippen LogP contribution in [0.3, 0.4) is 0 Å². The number of carbonyl (C=O) groups excluding carboxylic acids is 1. The number of piperazine rings is 1. The Labute approximate surface area is 163 Å². The van der Waals surface area contributed by atoms with Gasteiger partial charge in [0.2, 0.25) is 5.91 Å². The summed E-state index contributed by atoms with van der Waals surface area (Å²) in [5.41, 5.74) is 5.48. The summed E-state index contributed by atoms with van der Waals surface area (Å²) in [5.74, 6) is 0.866. The lowest BCUT2D eigenvalue weighted by Gasteiger charge is -2.36. The molecule has 3 heterocycles. The van der Waals surface area contributed by atoms with Gasteiger partial charge in [-0.2, -0.15) is 9.61 Å². The van der Waals surface area contributed by atoms with Gasteiger partial charge in [-0.1, -0.05) is 12.1 Å². The van der Waals surface area contributed by atoms with Gasteiger partial charge in [0.05, 0.1) is 5.69 Å². The minimum Gasteiger partial charge on any atom is -0.353 e. The van der Waals surface area contributed by atoms with Gasteiger partial charge >= 0.3 is 0 Å². The summed E-state index contributed by atoms with van der Waals surface area (Å²) in [6.07, 6.45) is 0. The molecule has 1 fully saturated rings. The van der Waals surface area contributed by atoms with Gasteiger partial charge in [0.25, 0.3) is 0 Å². The number of carbonyl (C=O) groups is 1. The average Bonchev–Trinajstić information content (AvgIpc) is 2.99. The summed E-state index contributed by atoms with van der Waals surface area (Å²) in [5, 5.41) is 4.78. The number of hydrogen-bond donors (Lipinski definition) is 0. The lowest BCUT2D eigenvalue weighted by Crippen LogP contribution is -2.48. The fraction of sp³-hybridized carbons (Fsp3) is 0.381. The second kappa shape index (κ2) is 6.89. The molecular formula is C21H24FN5O. The molecule has 1 saturated heterocycles. The molecule has 0 unspecified atom stereocenters. The van der Waals surface area contributed by atoms with Gasteiger partial charge in [-0.15, -0.1) is 0 Å². The van der Waals surface area contributed by atoms with Gasteiger partial charge in [-0.05, 0) is 38.5 Å². The Morgan fingerprint density at radius 2 is 1.64 bits per heavy atom. The first-order valence-corrected chi connectivity index (χ1v) is 9.49. The predicted molar refractivity (Wildman–Crippen MR) is 107 cm³/mol. The van der Waals surface area contributed by atoms with Gasteiger partial charge in [0, 0.05) is 49.9 Å². The normalized spacial score (nSPS) is 14.8. The summed E-state index contributed by atoms with van der Waals surface area (Å²) in [7, 11) is 0. The highest BCUT2D eigenvalue weighted by Crippen LogP contribution is 2.32. The van der Waals surface area contributed by atoms with Crippen molar-refractivity contribution in [2.75, 3.05) is 31.1 Å².